The first-order valence-corrected chi connectivity index (χ1v) is 4.57. The third kappa shape index (κ3) is 3.31. The molecule has 0 aromatic heterocycles. The van der Waals surface area contributed by atoms with Crippen LogP contribution in [0.5, 0.6) is 0 Å². The lowest BCUT2D eigenvalue weighted by Gasteiger charge is -2.20. The number of nitrogens with one attached hydrogen (secondary N) is 1. The third-order valence-corrected chi connectivity index (χ3v) is 2.11. The molecule has 1 atom stereocenters. The van der Waals surface area contributed by atoms with Crippen molar-refractivity contribution in [1.82, 2.24) is 10.2 Å². The van der Waals surface area contributed by atoms with Crippen LogP contribution in [0, 0.1) is 0 Å². The first-order valence-electron chi connectivity index (χ1n) is 4.57. The molecule has 1 saturated heterocycles. The average Bonchev–Trinajstić information content (AvgIpc) is 2.29. The van der Waals surface area contributed by atoms with Crippen molar-refractivity contribution in [2.75, 3.05) is 26.2 Å². The van der Waals surface area contributed by atoms with Crippen molar-refractivity contribution in [3.8, 4) is 0 Å². The third-order valence-electron chi connectivity index (χ3n) is 2.11. The largest absolute Gasteiger partial charge is 0.480 e. The van der Waals surface area contributed by atoms with Crippen molar-refractivity contribution >= 4 is 11.9 Å². The minimum Gasteiger partial charge on any atom is -0.480 e. The van der Waals surface area contributed by atoms with Crippen molar-refractivity contribution < 1.29 is 14.7 Å². The first-order chi connectivity index (χ1) is 6.59. The SMILES string of the molecule is NC(CN1CCCNC(=O)C1)C(=O)O. The Morgan fingerprint density at radius 1 is 1.71 bits per heavy atom. The second kappa shape index (κ2) is 4.92. The lowest BCUT2D eigenvalue weighted by Crippen LogP contribution is -2.44. The molecule has 80 valence electrons. The summed E-state index contributed by atoms with van der Waals surface area (Å²) >= 11 is 0. The summed E-state index contributed by atoms with van der Waals surface area (Å²) in [6.07, 6.45) is 0.831. The molecule has 1 unspecified atom stereocenters. The van der Waals surface area contributed by atoms with Gasteiger partial charge in [-0.05, 0) is 6.42 Å². The molecule has 0 bridgehead atoms. The Balaban J connectivity index is 2.42. The van der Waals surface area contributed by atoms with Crippen LogP contribution in [0.3, 0.4) is 0 Å². The van der Waals surface area contributed by atoms with Crippen molar-refractivity contribution in [2.24, 2.45) is 5.73 Å². The number of aliphatic carboxylic acids is 1. The van der Waals surface area contributed by atoms with E-state index in [9.17, 15) is 9.59 Å². The number of hydrogen-bond acceptors (Lipinski definition) is 4. The van der Waals surface area contributed by atoms with Crippen molar-refractivity contribution in [3.63, 3.8) is 0 Å². The highest BCUT2D eigenvalue weighted by atomic mass is 16.4. The number of rotatable bonds is 3. The van der Waals surface area contributed by atoms with Gasteiger partial charge in [-0.25, -0.2) is 0 Å². The minimum atomic E-state index is -1.03. The molecule has 1 amide bonds. The molecule has 0 spiro atoms. The van der Waals surface area contributed by atoms with Crippen LogP contribution in [0.4, 0.5) is 0 Å². The second-order valence-corrected chi connectivity index (χ2v) is 3.38. The maximum atomic E-state index is 11.1. The molecular formula is C8H15N3O3. The zero-order chi connectivity index (χ0) is 10.6. The highest BCUT2D eigenvalue weighted by molar-refractivity contribution is 5.78. The molecular weight excluding hydrogens is 186 g/mol. The first kappa shape index (κ1) is 10.9. The van der Waals surface area contributed by atoms with E-state index in [4.69, 9.17) is 10.8 Å². The van der Waals surface area contributed by atoms with Crippen LogP contribution in [-0.4, -0.2) is 54.1 Å². The summed E-state index contributed by atoms with van der Waals surface area (Å²) in [6, 6.07) is -0.916. The van der Waals surface area contributed by atoms with Gasteiger partial charge < -0.3 is 16.2 Å². The van der Waals surface area contributed by atoms with Gasteiger partial charge in [0.05, 0.1) is 6.54 Å². The Hall–Kier alpha value is -1.14. The molecule has 1 aliphatic rings. The van der Waals surface area contributed by atoms with E-state index in [0.717, 1.165) is 6.42 Å². The Morgan fingerprint density at radius 3 is 3.07 bits per heavy atom. The van der Waals surface area contributed by atoms with Gasteiger partial charge in [0.25, 0.3) is 0 Å². The molecule has 6 heteroatoms. The molecule has 0 aliphatic carbocycles. The van der Waals surface area contributed by atoms with E-state index in [0.29, 0.717) is 13.1 Å². The van der Waals surface area contributed by atoms with Gasteiger partial charge in [-0.1, -0.05) is 0 Å². The van der Waals surface area contributed by atoms with Gasteiger partial charge in [-0.15, -0.1) is 0 Å². The van der Waals surface area contributed by atoms with Gasteiger partial charge in [0.2, 0.25) is 5.91 Å². The van der Waals surface area contributed by atoms with Crippen LogP contribution in [0.25, 0.3) is 0 Å². The van der Waals surface area contributed by atoms with Crippen molar-refractivity contribution in [2.45, 2.75) is 12.5 Å². The monoisotopic (exact) mass is 201 g/mol. The maximum Gasteiger partial charge on any atom is 0.321 e. The summed E-state index contributed by atoms with van der Waals surface area (Å²) in [4.78, 5) is 23.4. The smallest absolute Gasteiger partial charge is 0.321 e. The standard InChI is InChI=1S/C8H15N3O3/c9-6(8(13)14)4-11-3-1-2-10-7(12)5-11/h6H,1-5,9H2,(H,10,12)(H,13,14). The van der Waals surface area contributed by atoms with Crippen LogP contribution in [0.2, 0.25) is 0 Å². The number of nitrogens with zero attached hydrogens (tertiary/aromatic N) is 1. The topological polar surface area (TPSA) is 95.7 Å². The summed E-state index contributed by atoms with van der Waals surface area (Å²) in [5.74, 6) is -1.10. The van der Waals surface area contributed by atoms with Gasteiger partial charge in [0.1, 0.15) is 6.04 Å². The average molecular weight is 201 g/mol. The Kier molecular flexibility index (Phi) is 3.84. The maximum absolute atomic E-state index is 11.1. The number of amides is 1. The van der Waals surface area contributed by atoms with Crippen LogP contribution in [0.1, 0.15) is 6.42 Å². The fourth-order valence-electron chi connectivity index (χ4n) is 1.38. The summed E-state index contributed by atoms with van der Waals surface area (Å²) in [7, 11) is 0. The molecule has 0 aromatic carbocycles. The molecule has 1 rings (SSSR count). The fraction of sp³-hybridized carbons (Fsp3) is 0.750. The van der Waals surface area contributed by atoms with Crippen LogP contribution in [-0.2, 0) is 9.59 Å². The number of carbonyl (C=O) groups excluding carboxylic acids is 1. The predicted molar refractivity (Wildman–Crippen MR) is 49.7 cm³/mol. The minimum absolute atomic E-state index is 0.0694. The van der Waals surface area contributed by atoms with E-state index in [-0.39, 0.29) is 19.0 Å². The van der Waals surface area contributed by atoms with E-state index in [1.807, 2.05) is 0 Å². The quantitative estimate of drug-likeness (QED) is 0.501. The number of carboxylic acid groups (broad SMARTS) is 1. The number of carbonyl (C=O) groups is 2. The Labute approximate surface area is 82.1 Å². The lowest BCUT2D eigenvalue weighted by molar-refractivity contribution is -0.139. The Morgan fingerprint density at radius 2 is 2.43 bits per heavy atom. The van der Waals surface area contributed by atoms with E-state index < -0.39 is 12.0 Å². The lowest BCUT2D eigenvalue weighted by atomic mass is 10.3. The van der Waals surface area contributed by atoms with Crippen molar-refractivity contribution in [3.05, 3.63) is 0 Å². The molecule has 6 nitrogen and oxygen atoms in total. The van der Waals surface area contributed by atoms with Crippen LogP contribution >= 0.6 is 0 Å². The zero-order valence-corrected chi connectivity index (χ0v) is 7.90. The molecule has 1 fully saturated rings. The van der Waals surface area contributed by atoms with E-state index >= 15 is 0 Å². The molecule has 14 heavy (non-hydrogen) atoms. The normalized spacial score (nSPS) is 21.1. The van der Waals surface area contributed by atoms with Gasteiger partial charge in [-0.2, -0.15) is 0 Å². The molecule has 1 heterocycles. The molecule has 4 N–H and O–H groups in total. The van der Waals surface area contributed by atoms with Gasteiger partial charge in [0, 0.05) is 19.6 Å². The molecule has 0 radical (unpaired) electrons. The summed E-state index contributed by atoms with van der Waals surface area (Å²) in [6.45, 7) is 1.82. The Bertz CT molecular complexity index is 232. The highest BCUT2D eigenvalue weighted by Crippen LogP contribution is 1.97. The fourth-order valence-corrected chi connectivity index (χ4v) is 1.38. The summed E-state index contributed by atoms with van der Waals surface area (Å²) in [5, 5.41) is 11.3. The molecule has 0 aromatic rings. The number of carboxylic acids is 1. The van der Waals surface area contributed by atoms with E-state index in [1.54, 1.807) is 4.90 Å². The summed E-state index contributed by atoms with van der Waals surface area (Å²) in [5.41, 5.74) is 5.37. The summed E-state index contributed by atoms with van der Waals surface area (Å²) < 4.78 is 0. The van der Waals surface area contributed by atoms with Gasteiger partial charge >= 0.3 is 5.97 Å². The highest BCUT2D eigenvalue weighted by Gasteiger charge is 2.20. The van der Waals surface area contributed by atoms with E-state index in [2.05, 4.69) is 5.32 Å². The van der Waals surface area contributed by atoms with E-state index in [1.165, 1.54) is 0 Å². The predicted octanol–water partition coefficient (Wildman–Crippen LogP) is -1.78. The molecule has 1 aliphatic heterocycles. The van der Waals surface area contributed by atoms with Crippen LogP contribution in [0.15, 0.2) is 0 Å². The van der Waals surface area contributed by atoms with Crippen molar-refractivity contribution in [1.29, 1.82) is 0 Å². The number of hydrogen-bond donors (Lipinski definition) is 3. The van der Waals surface area contributed by atoms with Crippen LogP contribution < -0.4 is 11.1 Å². The molecule has 0 saturated carbocycles. The number of nitrogens with two attached hydrogens (primary N) is 1. The zero-order valence-electron chi connectivity index (χ0n) is 7.90. The van der Waals surface area contributed by atoms with Gasteiger partial charge in [-0.3, -0.25) is 14.5 Å². The second-order valence-electron chi connectivity index (χ2n) is 3.38. The van der Waals surface area contributed by atoms with Gasteiger partial charge in [0.15, 0.2) is 0 Å².